The van der Waals surface area contributed by atoms with Gasteiger partial charge in [0.2, 0.25) is 0 Å². The maximum Gasteiger partial charge on any atom is 0.107 e. The molecular formula is C12H14ClNS. The number of hydrogen-bond acceptors (Lipinski definition) is 2. The van der Waals surface area contributed by atoms with Crippen molar-refractivity contribution in [2.24, 2.45) is 0 Å². The van der Waals surface area contributed by atoms with Crippen molar-refractivity contribution in [3.63, 3.8) is 0 Å². The monoisotopic (exact) mass is 239 g/mol. The summed E-state index contributed by atoms with van der Waals surface area (Å²) in [6.07, 6.45) is 1.66. The standard InChI is InChI=1S/C12H14ClNS/c1-3-12(4-2,9-14)15-11-8-6-5-7-10(11)13/h5-8H,3-4H2,1-2H3. The van der Waals surface area contributed by atoms with Gasteiger partial charge in [-0.1, -0.05) is 37.6 Å². The molecule has 1 nitrogen and oxygen atoms in total. The second-order valence-electron chi connectivity index (χ2n) is 3.35. The molecule has 0 unspecified atom stereocenters. The second-order valence-corrected chi connectivity index (χ2v) is 5.18. The molecule has 0 fully saturated rings. The molecule has 0 N–H and O–H groups in total. The molecule has 1 aromatic carbocycles. The summed E-state index contributed by atoms with van der Waals surface area (Å²) in [5.41, 5.74) is 0. The molecule has 0 aliphatic rings. The van der Waals surface area contributed by atoms with Crippen molar-refractivity contribution in [2.45, 2.75) is 36.3 Å². The highest BCUT2D eigenvalue weighted by molar-refractivity contribution is 8.01. The average Bonchev–Trinajstić information content (AvgIpc) is 2.29. The molecule has 0 aliphatic carbocycles. The summed E-state index contributed by atoms with van der Waals surface area (Å²) in [7, 11) is 0. The molecule has 80 valence electrons. The Morgan fingerprint density at radius 2 is 1.93 bits per heavy atom. The van der Waals surface area contributed by atoms with Gasteiger partial charge in [-0.25, -0.2) is 0 Å². The predicted octanol–water partition coefficient (Wildman–Crippen LogP) is 4.51. The molecule has 0 spiro atoms. The summed E-state index contributed by atoms with van der Waals surface area (Å²) in [6.45, 7) is 4.08. The zero-order chi connectivity index (χ0) is 11.3. The molecule has 15 heavy (non-hydrogen) atoms. The third kappa shape index (κ3) is 2.90. The molecule has 0 radical (unpaired) electrons. The summed E-state index contributed by atoms with van der Waals surface area (Å²) in [5, 5.41) is 9.94. The number of benzene rings is 1. The van der Waals surface area contributed by atoms with Gasteiger partial charge in [0.05, 0.1) is 11.1 Å². The number of hydrogen-bond donors (Lipinski definition) is 0. The molecule has 0 aliphatic heterocycles. The fourth-order valence-electron chi connectivity index (χ4n) is 1.31. The smallest absolute Gasteiger partial charge is 0.107 e. The van der Waals surface area contributed by atoms with Gasteiger partial charge >= 0.3 is 0 Å². The first-order valence-electron chi connectivity index (χ1n) is 5.02. The summed E-state index contributed by atoms with van der Waals surface area (Å²) >= 11 is 7.64. The van der Waals surface area contributed by atoms with Crippen molar-refractivity contribution in [3.8, 4) is 6.07 Å². The van der Waals surface area contributed by atoms with E-state index in [0.29, 0.717) is 0 Å². The summed E-state index contributed by atoms with van der Waals surface area (Å²) in [4.78, 5) is 0.990. The molecule has 1 rings (SSSR count). The fourth-order valence-corrected chi connectivity index (χ4v) is 2.63. The van der Waals surface area contributed by atoms with Gasteiger partial charge in [-0.2, -0.15) is 5.26 Å². The summed E-state index contributed by atoms with van der Waals surface area (Å²) in [6, 6.07) is 10.1. The highest BCUT2D eigenvalue weighted by atomic mass is 35.5. The van der Waals surface area contributed by atoms with Crippen LogP contribution in [-0.4, -0.2) is 4.75 Å². The van der Waals surface area contributed by atoms with Crippen LogP contribution in [0.25, 0.3) is 0 Å². The molecular weight excluding hydrogens is 226 g/mol. The van der Waals surface area contributed by atoms with Crippen LogP contribution in [0, 0.1) is 11.3 Å². The highest BCUT2D eigenvalue weighted by Gasteiger charge is 2.27. The molecule has 1 aromatic rings. The molecule has 0 bridgehead atoms. The Morgan fingerprint density at radius 1 is 1.33 bits per heavy atom. The highest BCUT2D eigenvalue weighted by Crippen LogP contribution is 2.40. The van der Waals surface area contributed by atoms with Gasteiger partial charge in [-0.05, 0) is 25.0 Å². The van der Waals surface area contributed by atoms with Crippen LogP contribution in [0.15, 0.2) is 29.2 Å². The van der Waals surface area contributed by atoms with Crippen LogP contribution in [0.2, 0.25) is 5.02 Å². The number of nitriles is 1. The zero-order valence-corrected chi connectivity index (χ0v) is 10.5. The van der Waals surface area contributed by atoms with E-state index in [1.807, 2.05) is 38.1 Å². The van der Waals surface area contributed by atoms with Gasteiger partial charge in [-0.3, -0.25) is 0 Å². The van der Waals surface area contributed by atoms with Crippen molar-refractivity contribution in [2.75, 3.05) is 0 Å². The topological polar surface area (TPSA) is 23.8 Å². The Balaban J connectivity index is 2.94. The minimum absolute atomic E-state index is 0.342. The predicted molar refractivity (Wildman–Crippen MR) is 66.2 cm³/mol. The first-order chi connectivity index (χ1) is 7.17. The van der Waals surface area contributed by atoms with Crippen molar-refractivity contribution < 1.29 is 0 Å². The number of rotatable bonds is 4. The van der Waals surface area contributed by atoms with Gasteiger partial charge in [0, 0.05) is 4.90 Å². The molecule has 0 saturated carbocycles. The quantitative estimate of drug-likeness (QED) is 0.722. The van der Waals surface area contributed by atoms with Crippen LogP contribution >= 0.6 is 23.4 Å². The van der Waals surface area contributed by atoms with Gasteiger partial charge in [0.25, 0.3) is 0 Å². The lowest BCUT2D eigenvalue weighted by Gasteiger charge is -2.22. The lowest BCUT2D eigenvalue weighted by Crippen LogP contribution is -2.19. The van der Waals surface area contributed by atoms with E-state index in [1.54, 1.807) is 11.8 Å². The number of nitrogens with zero attached hydrogens (tertiary/aromatic N) is 1. The van der Waals surface area contributed by atoms with Crippen LogP contribution in [0.5, 0.6) is 0 Å². The van der Waals surface area contributed by atoms with Gasteiger partial charge in [0.15, 0.2) is 0 Å². The first kappa shape index (κ1) is 12.4. The van der Waals surface area contributed by atoms with Crippen LogP contribution in [0.1, 0.15) is 26.7 Å². The lowest BCUT2D eigenvalue weighted by atomic mass is 10.1. The zero-order valence-electron chi connectivity index (χ0n) is 8.96. The maximum absolute atomic E-state index is 9.21. The van der Waals surface area contributed by atoms with E-state index in [2.05, 4.69) is 6.07 Å². The van der Waals surface area contributed by atoms with E-state index in [-0.39, 0.29) is 4.75 Å². The van der Waals surface area contributed by atoms with Crippen molar-refractivity contribution in [3.05, 3.63) is 29.3 Å². The Labute approximate surface area is 100 Å². The molecule has 0 amide bonds. The number of thioether (sulfide) groups is 1. The molecule has 0 atom stereocenters. The van der Waals surface area contributed by atoms with E-state index in [4.69, 9.17) is 11.6 Å². The van der Waals surface area contributed by atoms with Crippen LogP contribution in [0.4, 0.5) is 0 Å². The van der Waals surface area contributed by atoms with Gasteiger partial charge in [-0.15, -0.1) is 11.8 Å². The summed E-state index contributed by atoms with van der Waals surface area (Å²) in [5.74, 6) is 0. The van der Waals surface area contributed by atoms with Crippen molar-refractivity contribution in [1.82, 2.24) is 0 Å². The molecule has 0 saturated heterocycles. The second kappa shape index (κ2) is 5.44. The van der Waals surface area contributed by atoms with E-state index in [0.717, 1.165) is 22.8 Å². The average molecular weight is 240 g/mol. The molecule has 3 heteroatoms. The fraction of sp³-hybridized carbons (Fsp3) is 0.417. The van der Waals surface area contributed by atoms with Crippen molar-refractivity contribution in [1.29, 1.82) is 5.26 Å². The lowest BCUT2D eigenvalue weighted by molar-refractivity contribution is 0.672. The normalized spacial score (nSPS) is 11.1. The van der Waals surface area contributed by atoms with Gasteiger partial charge < -0.3 is 0 Å². The third-order valence-electron chi connectivity index (χ3n) is 2.49. The van der Waals surface area contributed by atoms with Crippen LogP contribution < -0.4 is 0 Å². The van der Waals surface area contributed by atoms with E-state index < -0.39 is 0 Å². The Morgan fingerprint density at radius 3 is 2.40 bits per heavy atom. The Kier molecular flexibility index (Phi) is 4.50. The van der Waals surface area contributed by atoms with Crippen molar-refractivity contribution >= 4 is 23.4 Å². The Bertz CT molecular complexity index is 366. The minimum Gasteiger partial charge on any atom is -0.197 e. The third-order valence-corrected chi connectivity index (χ3v) is 4.56. The first-order valence-corrected chi connectivity index (χ1v) is 6.21. The van der Waals surface area contributed by atoms with Gasteiger partial charge in [0.1, 0.15) is 4.75 Å². The molecule has 0 aromatic heterocycles. The van der Waals surface area contributed by atoms with Crippen LogP contribution in [0.3, 0.4) is 0 Å². The van der Waals surface area contributed by atoms with Crippen LogP contribution in [-0.2, 0) is 0 Å². The number of halogens is 1. The molecule has 0 heterocycles. The maximum atomic E-state index is 9.21. The van der Waals surface area contributed by atoms with E-state index >= 15 is 0 Å². The summed E-state index contributed by atoms with van der Waals surface area (Å²) < 4.78 is -0.342. The van der Waals surface area contributed by atoms with E-state index in [9.17, 15) is 5.26 Å². The largest absolute Gasteiger partial charge is 0.197 e. The SMILES string of the molecule is CCC(C#N)(CC)Sc1ccccc1Cl. The van der Waals surface area contributed by atoms with E-state index in [1.165, 1.54) is 0 Å². The Hall–Kier alpha value is -0.650. The minimum atomic E-state index is -0.342.